The number of benzene rings is 2. The number of halogens is 1. The Balaban J connectivity index is 1.99. The van der Waals surface area contributed by atoms with Crippen LogP contribution >= 0.6 is 22.9 Å². The van der Waals surface area contributed by atoms with Crippen LogP contribution in [0.25, 0.3) is 10.2 Å². The molecule has 0 saturated heterocycles. The number of sulfone groups is 1. The maximum absolute atomic E-state index is 13.5. The van der Waals surface area contributed by atoms with E-state index in [1.165, 1.54) is 23.5 Å². The molecule has 9 heteroatoms. The van der Waals surface area contributed by atoms with Crippen molar-refractivity contribution < 1.29 is 13.2 Å². The lowest BCUT2D eigenvalue weighted by Gasteiger charge is -2.24. The summed E-state index contributed by atoms with van der Waals surface area (Å²) in [5.74, 6) is -0.190. The molecule has 0 atom stereocenters. The lowest BCUT2D eigenvalue weighted by atomic mass is 10.2. The van der Waals surface area contributed by atoms with Crippen LogP contribution in [0, 0.1) is 6.92 Å². The van der Waals surface area contributed by atoms with Crippen molar-refractivity contribution in [3.63, 3.8) is 0 Å². The SMILES string of the molecule is CCN(CC)CCN(C(=O)c1ccc(S(=O)(=O)CC)cc1)c1nc2c(C)cc(Cl)cc2s1. The number of aromatic nitrogens is 1. The number of fused-ring (bicyclic) bond motifs is 1. The Morgan fingerprint density at radius 2 is 1.72 bits per heavy atom. The fourth-order valence-electron chi connectivity index (χ4n) is 3.45. The Morgan fingerprint density at radius 3 is 2.31 bits per heavy atom. The first-order valence-corrected chi connectivity index (χ1v) is 13.5. The van der Waals surface area contributed by atoms with Gasteiger partial charge in [0.2, 0.25) is 0 Å². The van der Waals surface area contributed by atoms with Gasteiger partial charge in [-0.15, -0.1) is 0 Å². The van der Waals surface area contributed by atoms with E-state index in [2.05, 4.69) is 18.7 Å². The van der Waals surface area contributed by atoms with Gasteiger partial charge in [-0.25, -0.2) is 13.4 Å². The summed E-state index contributed by atoms with van der Waals surface area (Å²) in [7, 11) is -3.32. The molecular formula is C23H28ClN3O3S2. The van der Waals surface area contributed by atoms with Crippen LogP contribution in [0.2, 0.25) is 5.02 Å². The first kappa shape index (κ1) is 24.6. The van der Waals surface area contributed by atoms with Gasteiger partial charge in [0.05, 0.1) is 20.9 Å². The van der Waals surface area contributed by atoms with E-state index in [0.717, 1.165) is 28.9 Å². The van der Waals surface area contributed by atoms with Gasteiger partial charge in [0.15, 0.2) is 15.0 Å². The third-order valence-electron chi connectivity index (χ3n) is 5.49. The molecule has 0 saturated carbocycles. The average molecular weight is 494 g/mol. The first-order chi connectivity index (χ1) is 15.2. The van der Waals surface area contributed by atoms with Gasteiger partial charge in [-0.05, 0) is 62.0 Å². The topological polar surface area (TPSA) is 70.6 Å². The number of anilines is 1. The standard InChI is InChI=1S/C23H28ClN3O3S2/c1-5-26(6-2)12-13-27(23-25-21-16(4)14-18(24)15-20(21)31-23)22(28)17-8-10-19(11-9-17)32(29,30)7-3/h8-11,14-15H,5-7,12-13H2,1-4H3. The zero-order valence-electron chi connectivity index (χ0n) is 18.8. The summed E-state index contributed by atoms with van der Waals surface area (Å²) in [5, 5.41) is 1.24. The zero-order valence-corrected chi connectivity index (χ0v) is 21.1. The highest BCUT2D eigenvalue weighted by atomic mass is 35.5. The Hall–Kier alpha value is -2.00. The number of carbonyl (C=O) groups is 1. The highest BCUT2D eigenvalue weighted by Gasteiger charge is 2.23. The summed E-state index contributed by atoms with van der Waals surface area (Å²) >= 11 is 7.65. The van der Waals surface area contributed by atoms with E-state index in [9.17, 15) is 13.2 Å². The second-order valence-corrected chi connectivity index (χ2v) is 11.2. The summed E-state index contributed by atoms with van der Waals surface area (Å²) in [6.07, 6.45) is 0. The zero-order chi connectivity index (χ0) is 23.5. The number of likely N-dealkylation sites (N-methyl/N-ethyl adjacent to an activating group) is 1. The van der Waals surface area contributed by atoms with Gasteiger partial charge < -0.3 is 4.90 Å². The number of amides is 1. The molecule has 1 amide bonds. The molecule has 2 aromatic carbocycles. The van der Waals surface area contributed by atoms with Crippen molar-refractivity contribution in [1.29, 1.82) is 0 Å². The molecule has 0 radical (unpaired) electrons. The molecule has 0 spiro atoms. The van der Waals surface area contributed by atoms with Gasteiger partial charge in [-0.2, -0.15) is 0 Å². The molecule has 32 heavy (non-hydrogen) atoms. The van der Waals surface area contributed by atoms with E-state index in [1.54, 1.807) is 24.0 Å². The average Bonchev–Trinajstić information content (AvgIpc) is 3.20. The van der Waals surface area contributed by atoms with E-state index in [1.807, 2.05) is 19.1 Å². The van der Waals surface area contributed by atoms with Crippen LogP contribution < -0.4 is 4.90 Å². The lowest BCUT2D eigenvalue weighted by molar-refractivity contribution is 0.0983. The highest BCUT2D eigenvalue weighted by Crippen LogP contribution is 2.33. The van der Waals surface area contributed by atoms with Crippen LogP contribution in [0.3, 0.4) is 0 Å². The molecule has 0 aliphatic rings. The Bertz CT molecular complexity index is 1200. The summed E-state index contributed by atoms with van der Waals surface area (Å²) < 4.78 is 25.2. The quantitative estimate of drug-likeness (QED) is 0.417. The number of thiazole rings is 1. The predicted octanol–water partition coefficient (Wildman–Crippen LogP) is 5.04. The number of hydrogen-bond acceptors (Lipinski definition) is 6. The van der Waals surface area contributed by atoms with Gasteiger partial charge in [0, 0.05) is 23.7 Å². The maximum atomic E-state index is 13.5. The predicted molar refractivity (Wildman–Crippen MR) is 133 cm³/mol. The van der Waals surface area contributed by atoms with Crippen molar-refractivity contribution in [2.75, 3.05) is 36.8 Å². The number of carbonyl (C=O) groups excluding carboxylic acids is 1. The molecule has 0 fully saturated rings. The van der Waals surface area contributed by atoms with Gasteiger partial charge >= 0.3 is 0 Å². The molecule has 172 valence electrons. The minimum Gasteiger partial charge on any atom is -0.302 e. The van der Waals surface area contributed by atoms with Gasteiger partial charge in [0.1, 0.15) is 0 Å². The van der Waals surface area contributed by atoms with Crippen LogP contribution in [0.15, 0.2) is 41.3 Å². The molecule has 6 nitrogen and oxygen atoms in total. The normalized spacial score (nSPS) is 11.9. The van der Waals surface area contributed by atoms with E-state index in [0.29, 0.717) is 28.8 Å². The maximum Gasteiger partial charge on any atom is 0.260 e. The smallest absolute Gasteiger partial charge is 0.260 e. The monoisotopic (exact) mass is 493 g/mol. The van der Waals surface area contributed by atoms with E-state index in [4.69, 9.17) is 16.6 Å². The third kappa shape index (κ3) is 5.31. The molecule has 0 N–H and O–H groups in total. The second-order valence-electron chi connectivity index (χ2n) is 7.48. The largest absolute Gasteiger partial charge is 0.302 e. The Kier molecular flexibility index (Phi) is 7.92. The fraction of sp³-hybridized carbons (Fsp3) is 0.391. The molecular weight excluding hydrogens is 466 g/mol. The van der Waals surface area contributed by atoms with Crippen molar-refractivity contribution in [3.8, 4) is 0 Å². The van der Waals surface area contributed by atoms with Crippen molar-refractivity contribution >= 4 is 54.0 Å². The van der Waals surface area contributed by atoms with Crippen molar-refractivity contribution in [2.24, 2.45) is 0 Å². The molecule has 3 rings (SSSR count). The fourth-order valence-corrected chi connectivity index (χ4v) is 5.78. The minimum absolute atomic E-state index is 0.0178. The third-order valence-corrected chi connectivity index (χ3v) is 8.48. The van der Waals surface area contributed by atoms with Gasteiger partial charge in [0.25, 0.3) is 5.91 Å². The Labute approximate surface area is 198 Å². The van der Waals surface area contributed by atoms with Crippen molar-refractivity contribution in [2.45, 2.75) is 32.6 Å². The van der Waals surface area contributed by atoms with Crippen LogP contribution in [0.4, 0.5) is 5.13 Å². The summed E-state index contributed by atoms with van der Waals surface area (Å²) in [6, 6.07) is 9.87. The summed E-state index contributed by atoms with van der Waals surface area (Å²) in [4.78, 5) is 22.4. The van der Waals surface area contributed by atoms with Crippen molar-refractivity contribution in [1.82, 2.24) is 9.88 Å². The number of aryl methyl sites for hydroxylation is 1. The molecule has 0 aliphatic heterocycles. The summed E-state index contributed by atoms with van der Waals surface area (Å²) in [5.41, 5.74) is 2.22. The highest BCUT2D eigenvalue weighted by molar-refractivity contribution is 7.91. The van der Waals surface area contributed by atoms with Crippen LogP contribution in [-0.2, 0) is 9.84 Å². The molecule has 0 aliphatic carbocycles. The number of nitrogens with zero attached hydrogens (tertiary/aromatic N) is 3. The molecule has 1 aromatic heterocycles. The Morgan fingerprint density at radius 1 is 1.06 bits per heavy atom. The number of hydrogen-bond donors (Lipinski definition) is 0. The first-order valence-electron chi connectivity index (χ1n) is 10.6. The number of rotatable bonds is 9. The van der Waals surface area contributed by atoms with Crippen LogP contribution in [-0.4, -0.2) is 56.1 Å². The molecule has 3 aromatic rings. The van der Waals surface area contributed by atoms with Gasteiger partial charge in [-0.3, -0.25) is 9.69 Å². The van der Waals surface area contributed by atoms with E-state index in [-0.39, 0.29) is 16.6 Å². The van der Waals surface area contributed by atoms with Crippen LogP contribution in [0.5, 0.6) is 0 Å². The van der Waals surface area contributed by atoms with Crippen LogP contribution in [0.1, 0.15) is 36.7 Å². The minimum atomic E-state index is -3.32. The molecule has 0 unspecified atom stereocenters. The molecule has 0 bridgehead atoms. The van der Waals surface area contributed by atoms with Gasteiger partial charge in [-0.1, -0.05) is 43.7 Å². The van der Waals surface area contributed by atoms with Crippen molar-refractivity contribution in [3.05, 3.63) is 52.5 Å². The second kappa shape index (κ2) is 10.3. The molecule has 1 heterocycles. The lowest BCUT2D eigenvalue weighted by Crippen LogP contribution is -2.38. The van der Waals surface area contributed by atoms with E-state index >= 15 is 0 Å². The summed E-state index contributed by atoms with van der Waals surface area (Å²) in [6.45, 7) is 10.7. The van der Waals surface area contributed by atoms with E-state index < -0.39 is 9.84 Å².